The number of nitrogens with one attached hydrogen (secondary N) is 1. The van der Waals surface area contributed by atoms with Crippen molar-refractivity contribution in [2.45, 2.75) is 58.3 Å². The summed E-state index contributed by atoms with van der Waals surface area (Å²) >= 11 is 0. The zero-order chi connectivity index (χ0) is 27.4. The summed E-state index contributed by atoms with van der Waals surface area (Å²) in [5.74, 6) is 0.909. The maximum absolute atomic E-state index is 13.8. The summed E-state index contributed by atoms with van der Waals surface area (Å²) in [5.41, 5.74) is 3.85. The van der Waals surface area contributed by atoms with Crippen molar-refractivity contribution in [3.8, 4) is 11.3 Å². The SMILES string of the molecule is Cc1ccc(NC(=O)C2(Cc3ncc(-c4ccc(N5CCCC5)nc4)n3C)CCCCC2)cc1/C=C/C(=O)O. The van der Waals surface area contributed by atoms with Gasteiger partial charge in [-0.05, 0) is 74.1 Å². The zero-order valence-corrected chi connectivity index (χ0v) is 22.8. The van der Waals surface area contributed by atoms with Crippen LogP contribution in [0.25, 0.3) is 17.3 Å². The molecule has 1 saturated heterocycles. The average Bonchev–Trinajstić information content (AvgIpc) is 3.60. The summed E-state index contributed by atoms with van der Waals surface area (Å²) in [6.07, 6.45) is 14.2. The predicted octanol–water partition coefficient (Wildman–Crippen LogP) is 5.62. The van der Waals surface area contributed by atoms with Crippen LogP contribution < -0.4 is 10.2 Å². The van der Waals surface area contributed by atoms with Gasteiger partial charge in [0.15, 0.2) is 0 Å². The molecule has 1 aliphatic heterocycles. The first-order valence-corrected chi connectivity index (χ1v) is 13.9. The monoisotopic (exact) mass is 527 g/mol. The highest BCUT2D eigenvalue weighted by molar-refractivity contribution is 5.96. The van der Waals surface area contributed by atoms with Crippen molar-refractivity contribution in [3.63, 3.8) is 0 Å². The van der Waals surface area contributed by atoms with Crippen LogP contribution in [0.5, 0.6) is 0 Å². The lowest BCUT2D eigenvalue weighted by atomic mass is 9.70. The Balaban J connectivity index is 1.35. The first-order chi connectivity index (χ1) is 18.8. The molecule has 8 nitrogen and oxygen atoms in total. The normalized spacial score (nSPS) is 17.0. The molecule has 2 aliphatic rings. The van der Waals surface area contributed by atoms with Gasteiger partial charge >= 0.3 is 5.97 Å². The Bertz CT molecular complexity index is 1360. The van der Waals surface area contributed by atoms with E-state index >= 15 is 0 Å². The molecule has 0 atom stereocenters. The maximum atomic E-state index is 13.8. The molecular weight excluding hydrogens is 490 g/mol. The number of imidazole rings is 1. The predicted molar refractivity (Wildman–Crippen MR) is 154 cm³/mol. The van der Waals surface area contributed by atoms with Gasteiger partial charge in [-0.1, -0.05) is 25.3 Å². The van der Waals surface area contributed by atoms with Crippen molar-refractivity contribution in [1.82, 2.24) is 14.5 Å². The molecule has 3 heterocycles. The third-order valence-corrected chi connectivity index (χ3v) is 8.29. The fraction of sp³-hybridized carbons (Fsp3) is 0.419. The number of hydrogen-bond donors (Lipinski definition) is 2. The number of carboxylic acids is 1. The minimum Gasteiger partial charge on any atom is -0.478 e. The van der Waals surface area contributed by atoms with E-state index in [0.29, 0.717) is 12.1 Å². The molecule has 2 aromatic heterocycles. The second kappa shape index (κ2) is 11.4. The molecule has 3 aromatic rings. The lowest BCUT2D eigenvalue weighted by Crippen LogP contribution is -2.40. The van der Waals surface area contributed by atoms with Crippen molar-refractivity contribution < 1.29 is 14.7 Å². The Morgan fingerprint density at radius 2 is 1.79 bits per heavy atom. The summed E-state index contributed by atoms with van der Waals surface area (Å²) in [5, 5.41) is 12.2. The van der Waals surface area contributed by atoms with E-state index in [1.807, 2.05) is 44.6 Å². The van der Waals surface area contributed by atoms with Crippen LogP contribution in [0.3, 0.4) is 0 Å². The Labute approximate surface area is 229 Å². The third kappa shape index (κ3) is 5.90. The highest BCUT2D eigenvalue weighted by atomic mass is 16.4. The first-order valence-electron chi connectivity index (χ1n) is 13.9. The lowest BCUT2D eigenvalue weighted by molar-refractivity contribution is -0.131. The molecule has 0 bridgehead atoms. The lowest BCUT2D eigenvalue weighted by Gasteiger charge is -2.35. The number of carboxylic acid groups (broad SMARTS) is 1. The van der Waals surface area contributed by atoms with Gasteiger partial charge in [0.05, 0.1) is 17.3 Å². The second-order valence-electron chi connectivity index (χ2n) is 10.9. The summed E-state index contributed by atoms with van der Waals surface area (Å²) in [6.45, 7) is 4.05. The van der Waals surface area contributed by atoms with Crippen molar-refractivity contribution in [3.05, 3.63) is 65.8 Å². The van der Waals surface area contributed by atoms with Gasteiger partial charge in [0, 0.05) is 50.1 Å². The molecule has 0 unspecified atom stereocenters. The molecule has 1 saturated carbocycles. The number of amides is 1. The van der Waals surface area contributed by atoms with Crippen LogP contribution in [0.2, 0.25) is 0 Å². The van der Waals surface area contributed by atoms with Crippen LogP contribution in [0.1, 0.15) is 61.9 Å². The molecule has 2 N–H and O–H groups in total. The number of nitrogens with zero attached hydrogens (tertiary/aromatic N) is 4. The summed E-state index contributed by atoms with van der Waals surface area (Å²) in [4.78, 5) is 36.6. The summed E-state index contributed by atoms with van der Waals surface area (Å²) < 4.78 is 2.09. The number of carbonyl (C=O) groups excluding carboxylic acids is 1. The Morgan fingerprint density at radius 3 is 2.49 bits per heavy atom. The highest BCUT2D eigenvalue weighted by Gasteiger charge is 2.41. The van der Waals surface area contributed by atoms with Crippen molar-refractivity contribution in [2.24, 2.45) is 12.5 Å². The maximum Gasteiger partial charge on any atom is 0.328 e. The summed E-state index contributed by atoms with van der Waals surface area (Å²) in [6, 6.07) is 9.81. The van der Waals surface area contributed by atoms with Crippen LogP contribution in [0.15, 0.2) is 48.8 Å². The van der Waals surface area contributed by atoms with E-state index in [2.05, 4.69) is 26.9 Å². The van der Waals surface area contributed by atoms with E-state index in [9.17, 15) is 9.59 Å². The number of carbonyl (C=O) groups is 2. The number of aliphatic carboxylic acids is 1. The minimum absolute atomic E-state index is 0.000370. The van der Waals surface area contributed by atoms with Gasteiger partial charge in [-0.15, -0.1) is 0 Å². The minimum atomic E-state index is -1.00. The average molecular weight is 528 g/mol. The van der Waals surface area contributed by atoms with Gasteiger partial charge in [0.1, 0.15) is 11.6 Å². The largest absolute Gasteiger partial charge is 0.478 e. The van der Waals surface area contributed by atoms with E-state index in [1.54, 1.807) is 6.08 Å². The fourth-order valence-electron chi connectivity index (χ4n) is 5.89. The first kappa shape index (κ1) is 26.7. The molecule has 2 fully saturated rings. The highest BCUT2D eigenvalue weighted by Crippen LogP contribution is 2.41. The number of aryl methyl sites for hydroxylation is 1. The quantitative estimate of drug-likeness (QED) is 0.369. The molecular formula is C31H37N5O3. The number of pyridine rings is 1. The van der Waals surface area contributed by atoms with Crippen LogP contribution in [0.4, 0.5) is 11.5 Å². The summed E-state index contributed by atoms with van der Waals surface area (Å²) in [7, 11) is 2.02. The molecule has 8 heteroatoms. The van der Waals surface area contributed by atoms with Gasteiger partial charge in [-0.2, -0.15) is 0 Å². The molecule has 1 aromatic carbocycles. The van der Waals surface area contributed by atoms with Crippen molar-refractivity contribution >= 4 is 29.5 Å². The van der Waals surface area contributed by atoms with Crippen LogP contribution in [-0.4, -0.2) is 44.6 Å². The van der Waals surface area contributed by atoms with Crippen LogP contribution >= 0.6 is 0 Å². The smallest absolute Gasteiger partial charge is 0.328 e. The van der Waals surface area contributed by atoms with Gasteiger partial charge in [-0.3, -0.25) is 4.79 Å². The Kier molecular flexibility index (Phi) is 7.82. The number of hydrogen-bond acceptors (Lipinski definition) is 5. The van der Waals surface area contributed by atoms with E-state index in [4.69, 9.17) is 15.1 Å². The topological polar surface area (TPSA) is 100 Å². The Morgan fingerprint density at radius 1 is 1.03 bits per heavy atom. The van der Waals surface area contributed by atoms with Gasteiger partial charge in [0.2, 0.25) is 5.91 Å². The van der Waals surface area contributed by atoms with Crippen molar-refractivity contribution in [1.29, 1.82) is 0 Å². The number of anilines is 2. The fourth-order valence-corrected chi connectivity index (χ4v) is 5.89. The molecule has 0 spiro atoms. The van der Waals surface area contributed by atoms with Crippen molar-refractivity contribution in [2.75, 3.05) is 23.3 Å². The molecule has 1 aliphatic carbocycles. The molecule has 204 valence electrons. The standard InChI is InChI=1S/C31H37N5O3/c1-22-8-11-25(18-23(22)10-13-29(37)38)34-30(39)31(14-4-3-5-15-31)19-28-33-21-26(35(28)2)24-9-12-27(32-20-24)36-16-6-7-17-36/h8-13,18,20-21H,3-7,14-17,19H2,1-2H3,(H,34,39)(H,37,38)/b13-10+. The van der Waals surface area contributed by atoms with Gasteiger partial charge in [-0.25, -0.2) is 14.8 Å². The number of aromatic nitrogens is 3. The molecule has 39 heavy (non-hydrogen) atoms. The van der Waals surface area contributed by atoms with E-state index in [1.165, 1.54) is 12.8 Å². The number of benzene rings is 1. The van der Waals surface area contributed by atoms with Crippen LogP contribution in [0, 0.1) is 12.3 Å². The molecule has 1 amide bonds. The van der Waals surface area contributed by atoms with Gasteiger partial charge < -0.3 is 19.9 Å². The van der Waals surface area contributed by atoms with E-state index in [-0.39, 0.29) is 5.91 Å². The third-order valence-electron chi connectivity index (χ3n) is 8.29. The van der Waals surface area contributed by atoms with Crippen LogP contribution in [-0.2, 0) is 23.1 Å². The second-order valence-corrected chi connectivity index (χ2v) is 10.9. The zero-order valence-electron chi connectivity index (χ0n) is 22.8. The van der Waals surface area contributed by atoms with E-state index in [0.717, 1.165) is 85.3 Å². The number of rotatable bonds is 8. The van der Waals surface area contributed by atoms with E-state index < -0.39 is 11.4 Å². The molecule has 5 rings (SSSR count). The molecule has 0 radical (unpaired) electrons. The van der Waals surface area contributed by atoms with Gasteiger partial charge in [0.25, 0.3) is 0 Å². The Hall–Kier alpha value is -3.94.